The summed E-state index contributed by atoms with van der Waals surface area (Å²) >= 11 is 0. The fourth-order valence-electron chi connectivity index (χ4n) is 1.96. The van der Waals surface area contributed by atoms with Crippen LogP contribution in [-0.4, -0.2) is 61.0 Å². The first-order valence-electron chi connectivity index (χ1n) is 5.50. The van der Waals surface area contributed by atoms with Crippen molar-refractivity contribution in [1.82, 2.24) is 15.1 Å². The van der Waals surface area contributed by atoms with Crippen LogP contribution in [-0.2, 0) is 4.79 Å². The van der Waals surface area contributed by atoms with Crippen molar-refractivity contribution in [3.05, 3.63) is 0 Å². The average molecular weight is 197 g/mol. The third kappa shape index (κ3) is 2.07. The molecule has 2 aliphatic heterocycles. The molecule has 0 aromatic carbocycles. The standard InChI is InChI=1S/C10H19N3O/c1-9-7-11-3-6-13(9)8-10(14)12-4-2-5-12/h9,11H,2-8H2,1H3. The number of rotatable bonds is 2. The van der Waals surface area contributed by atoms with Crippen molar-refractivity contribution in [2.24, 2.45) is 0 Å². The Hall–Kier alpha value is -0.610. The lowest BCUT2D eigenvalue weighted by atomic mass is 10.2. The lowest BCUT2D eigenvalue weighted by Crippen LogP contribution is -2.54. The second-order valence-electron chi connectivity index (χ2n) is 4.26. The Morgan fingerprint density at radius 3 is 2.79 bits per heavy atom. The first-order valence-corrected chi connectivity index (χ1v) is 5.50. The molecule has 2 aliphatic rings. The number of likely N-dealkylation sites (tertiary alicyclic amines) is 1. The summed E-state index contributed by atoms with van der Waals surface area (Å²) < 4.78 is 0. The molecule has 0 aromatic heterocycles. The van der Waals surface area contributed by atoms with Crippen molar-refractivity contribution >= 4 is 5.91 Å². The van der Waals surface area contributed by atoms with Crippen LogP contribution in [0, 0.1) is 0 Å². The minimum Gasteiger partial charge on any atom is -0.341 e. The van der Waals surface area contributed by atoms with Gasteiger partial charge in [0, 0.05) is 38.8 Å². The van der Waals surface area contributed by atoms with Crippen LogP contribution < -0.4 is 5.32 Å². The lowest BCUT2D eigenvalue weighted by molar-refractivity contribution is -0.136. The maximum Gasteiger partial charge on any atom is 0.236 e. The highest BCUT2D eigenvalue weighted by Gasteiger charge is 2.25. The van der Waals surface area contributed by atoms with Gasteiger partial charge in [0.1, 0.15) is 0 Å². The van der Waals surface area contributed by atoms with Crippen LogP contribution in [0.5, 0.6) is 0 Å². The van der Waals surface area contributed by atoms with Crippen LogP contribution in [0.4, 0.5) is 0 Å². The fraction of sp³-hybridized carbons (Fsp3) is 0.900. The van der Waals surface area contributed by atoms with E-state index in [0.717, 1.165) is 32.7 Å². The minimum absolute atomic E-state index is 0.310. The summed E-state index contributed by atoms with van der Waals surface area (Å²) in [6, 6.07) is 0.494. The summed E-state index contributed by atoms with van der Waals surface area (Å²) in [6.07, 6.45) is 1.18. The van der Waals surface area contributed by atoms with Gasteiger partial charge in [0.05, 0.1) is 6.54 Å². The maximum atomic E-state index is 11.7. The normalized spacial score (nSPS) is 28.6. The van der Waals surface area contributed by atoms with Gasteiger partial charge in [0.2, 0.25) is 5.91 Å². The van der Waals surface area contributed by atoms with Crippen LogP contribution >= 0.6 is 0 Å². The summed E-state index contributed by atoms with van der Waals surface area (Å²) in [7, 11) is 0. The Labute approximate surface area is 85.2 Å². The topological polar surface area (TPSA) is 35.6 Å². The zero-order valence-corrected chi connectivity index (χ0v) is 8.83. The molecule has 2 fully saturated rings. The van der Waals surface area contributed by atoms with Gasteiger partial charge in [-0.25, -0.2) is 0 Å². The molecule has 0 aromatic rings. The van der Waals surface area contributed by atoms with Crippen molar-refractivity contribution in [2.45, 2.75) is 19.4 Å². The first kappa shape index (κ1) is 9.93. The quantitative estimate of drug-likeness (QED) is 0.649. The lowest BCUT2D eigenvalue weighted by Gasteiger charge is -2.37. The second-order valence-corrected chi connectivity index (χ2v) is 4.26. The zero-order chi connectivity index (χ0) is 9.97. The summed E-state index contributed by atoms with van der Waals surface area (Å²) in [5, 5.41) is 3.33. The smallest absolute Gasteiger partial charge is 0.236 e. The van der Waals surface area contributed by atoms with E-state index < -0.39 is 0 Å². The van der Waals surface area contributed by atoms with Crippen molar-refractivity contribution in [2.75, 3.05) is 39.3 Å². The molecule has 0 saturated carbocycles. The molecule has 0 radical (unpaired) electrons. The van der Waals surface area contributed by atoms with Crippen molar-refractivity contribution in [3.63, 3.8) is 0 Å². The Morgan fingerprint density at radius 2 is 2.21 bits per heavy atom. The van der Waals surface area contributed by atoms with Gasteiger partial charge in [0.25, 0.3) is 0 Å². The number of nitrogens with zero attached hydrogens (tertiary/aromatic N) is 2. The second kappa shape index (κ2) is 4.28. The SMILES string of the molecule is CC1CNCCN1CC(=O)N1CCC1. The van der Waals surface area contributed by atoms with Gasteiger partial charge in [-0.3, -0.25) is 9.69 Å². The Kier molecular flexibility index (Phi) is 3.03. The number of piperazine rings is 1. The highest BCUT2D eigenvalue weighted by Crippen LogP contribution is 2.08. The third-order valence-corrected chi connectivity index (χ3v) is 3.19. The number of hydrogen-bond acceptors (Lipinski definition) is 3. The van der Waals surface area contributed by atoms with E-state index in [9.17, 15) is 4.79 Å². The molecule has 0 spiro atoms. The highest BCUT2D eigenvalue weighted by molar-refractivity contribution is 5.79. The number of amides is 1. The predicted molar refractivity (Wildman–Crippen MR) is 55.1 cm³/mol. The van der Waals surface area contributed by atoms with E-state index in [2.05, 4.69) is 17.1 Å². The van der Waals surface area contributed by atoms with Gasteiger partial charge in [-0.05, 0) is 13.3 Å². The minimum atomic E-state index is 0.310. The summed E-state index contributed by atoms with van der Waals surface area (Å²) in [4.78, 5) is 15.9. The van der Waals surface area contributed by atoms with Crippen molar-refractivity contribution in [1.29, 1.82) is 0 Å². The summed E-state index contributed by atoms with van der Waals surface area (Å²) in [5.74, 6) is 0.310. The molecular formula is C10H19N3O. The van der Waals surface area contributed by atoms with Gasteiger partial charge < -0.3 is 10.2 Å². The summed E-state index contributed by atoms with van der Waals surface area (Å²) in [6.45, 7) is 7.75. The largest absolute Gasteiger partial charge is 0.341 e. The van der Waals surface area contributed by atoms with Crippen molar-refractivity contribution < 1.29 is 4.79 Å². The average Bonchev–Trinajstić information content (AvgIpc) is 2.05. The number of carbonyl (C=O) groups is 1. The molecule has 2 rings (SSSR count). The number of carbonyl (C=O) groups excluding carboxylic acids is 1. The number of hydrogen-bond donors (Lipinski definition) is 1. The zero-order valence-electron chi connectivity index (χ0n) is 8.83. The highest BCUT2D eigenvalue weighted by atomic mass is 16.2. The molecule has 1 amide bonds. The molecule has 1 N–H and O–H groups in total. The Bertz CT molecular complexity index is 215. The Morgan fingerprint density at radius 1 is 1.43 bits per heavy atom. The molecule has 1 unspecified atom stereocenters. The number of nitrogens with one attached hydrogen (secondary N) is 1. The van der Waals surface area contributed by atoms with Gasteiger partial charge in [-0.15, -0.1) is 0 Å². The molecule has 14 heavy (non-hydrogen) atoms. The molecule has 80 valence electrons. The molecule has 2 saturated heterocycles. The van der Waals surface area contributed by atoms with Gasteiger partial charge in [0.15, 0.2) is 0 Å². The molecule has 2 heterocycles. The van der Waals surface area contributed by atoms with Gasteiger partial charge in [-0.2, -0.15) is 0 Å². The van der Waals surface area contributed by atoms with E-state index in [4.69, 9.17) is 0 Å². The molecule has 4 heteroatoms. The van der Waals surface area contributed by atoms with Gasteiger partial charge >= 0.3 is 0 Å². The first-order chi connectivity index (χ1) is 6.77. The molecule has 0 aliphatic carbocycles. The predicted octanol–water partition coefficient (Wildman–Crippen LogP) is -0.488. The summed E-state index contributed by atoms with van der Waals surface area (Å²) in [5.41, 5.74) is 0. The molecule has 4 nitrogen and oxygen atoms in total. The monoisotopic (exact) mass is 197 g/mol. The van der Waals surface area contributed by atoms with Crippen LogP contribution in [0.15, 0.2) is 0 Å². The van der Waals surface area contributed by atoms with E-state index in [1.165, 1.54) is 6.42 Å². The van der Waals surface area contributed by atoms with E-state index in [1.54, 1.807) is 0 Å². The third-order valence-electron chi connectivity index (χ3n) is 3.19. The van der Waals surface area contributed by atoms with E-state index in [0.29, 0.717) is 18.5 Å². The van der Waals surface area contributed by atoms with E-state index in [1.807, 2.05) is 4.90 Å². The van der Waals surface area contributed by atoms with Crippen LogP contribution in [0.1, 0.15) is 13.3 Å². The van der Waals surface area contributed by atoms with E-state index >= 15 is 0 Å². The van der Waals surface area contributed by atoms with Gasteiger partial charge in [-0.1, -0.05) is 0 Å². The molecule has 1 atom stereocenters. The molecular weight excluding hydrogens is 178 g/mol. The van der Waals surface area contributed by atoms with E-state index in [-0.39, 0.29) is 0 Å². The van der Waals surface area contributed by atoms with Crippen molar-refractivity contribution in [3.8, 4) is 0 Å². The molecule has 0 bridgehead atoms. The Balaban J connectivity index is 1.79. The maximum absolute atomic E-state index is 11.7. The fourth-order valence-corrected chi connectivity index (χ4v) is 1.96. The van der Waals surface area contributed by atoms with Crippen LogP contribution in [0.3, 0.4) is 0 Å². The van der Waals surface area contributed by atoms with Crippen LogP contribution in [0.25, 0.3) is 0 Å². The van der Waals surface area contributed by atoms with Crippen LogP contribution in [0.2, 0.25) is 0 Å².